The number of benzene rings is 2. The number of alkyl halides is 3. The molecular weight excluding hydrogens is 401 g/mol. The number of carbonyl (C=O) groups is 2. The molecule has 6 nitrogen and oxygen atoms in total. The van der Waals surface area contributed by atoms with Gasteiger partial charge in [0.05, 0.1) is 5.56 Å². The molecule has 0 bridgehead atoms. The van der Waals surface area contributed by atoms with Gasteiger partial charge in [0.2, 0.25) is 0 Å². The maximum Gasteiger partial charge on any atom is 0.416 e. The Kier molecular flexibility index (Phi) is 6.81. The fraction of sp³-hybridized carbons (Fsp3) is 0.333. The SMILES string of the molecule is O=C(COC(=O)COc1cccc(C(F)(F)F)c1)Nc1ccc(N2CCCC2)cc1. The largest absolute Gasteiger partial charge is 0.482 e. The number of carbonyl (C=O) groups excluding carboxylic acids is 2. The summed E-state index contributed by atoms with van der Waals surface area (Å²) >= 11 is 0. The fourth-order valence-corrected chi connectivity index (χ4v) is 3.02. The number of hydrogen-bond acceptors (Lipinski definition) is 5. The first-order chi connectivity index (χ1) is 14.3. The zero-order valence-electron chi connectivity index (χ0n) is 16.1. The Labute approximate surface area is 171 Å². The first kappa shape index (κ1) is 21.5. The molecule has 0 atom stereocenters. The van der Waals surface area contributed by atoms with Crippen LogP contribution >= 0.6 is 0 Å². The Morgan fingerprint density at radius 2 is 1.70 bits per heavy atom. The van der Waals surface area contributed by atoms with Crippen LogP contribution in [0.4, 0.5) is 24.5 Å². The van der Waals surface area contributed by atoms with Crippen molar-refractivity contribution in [1.82, 2.24) is 0 Å². The van der Waals surface area contributed by atoms with E-state index in [1.54, 1.807) is 12.1 Å². The summed E-state index contributed by atoms with van der Waals surface area (Å²) < 4.78 is 47.8. The Bertz CT molecular complexity index is 879. The Hall–Kier alpha value is -3.23. The van der Waals surface area contributed by atoms with Crippen LogP contribution in [0.3, 0.4) is 0 Å². The minimum Gasteiger partial charge on any atom is -0.482 e. The minimum absolute atomic E-state index is 0.121. The van der Waals surface area contributed by atoms with Crippen molar-refractivity contribution in [2.24, 2.45) is 0 Å². The monoisotopic (exact) mass is 422 g/mol. The van der Waals surface area contributed by atoms with E-state index in [-0.39, 0.29) is 5.75 Å². The molecule has 9 heteroatoms. The molecule has 0 radical (unpaired) electrons. The summed E-state index contributed by atoms with van der Waals surface area (Å²) in [4.78, 5) is 25.9. The second-order valence-corrected chi connectivity index (χ2v) is 6.76. The molecule has 1 fully saturated rings. The summed E-state index contributed by atoms with van der Waals surface area (Å²) in [6.45, 7) is 0.895. The van der Waals surface area contributed by atoms with Crippen molar-refractivity contribution in [3.63, 3.8) is 0 Å². The second-order valence-electron chi connectivity index (χ2n) is 6.76. The molecule has 0 spiro atoms. The summed E-state index contributed by atoms with van der Waals surface area (Å²) in [6.07, 6.45) is -2.17. The quantitative estimate of drug-likeness (QED) is 0.687. The number of hydrogen-bond donors (Lipinski definition) is 1. The van der Waals surface area contributed by atoms with Gasteiger partial charge in [0, 0.05) is 24.5 Å². The number of halogens is 3. The van der Waals surface area contributed by atoms with E-state index in [9.17, 15) is 22.8 Å². The molecule has 1 N–H and O–H groups in total. The van der Waals surface area contributed by atoms with E-state index in [1.165, 1.54) is 25.0 Å². The van der Waals surface area contributed by atoms with E-state index in [0.717, 1.165) is 30.9 Å². The molecule has 30 heavy (non-hydrogen) atoms. The highest BCUT2D eigenvalue weighted by Gasteiger charge is 2.30. The lowest BCUT2D eigenvalue weighted by Gasteiger charge is -2.17. The van der Waals surface area contributed by atoms with Crippen molar-refractivity contribution in [3.05, 3.63) is 54.1 Å². The third-order valence-electron chi connectivity index (χ3n) is 4.50. The number of ether oxygens (including phenoxy) is 2. The van der Waals surface area contributed by atoms with Gasteiger partial charge in [-0.15, -0.1) is 0 Å². The van der Waals surface area contributed by atoms with Gasteiger partial charge in [-0.1, -0.05) is 6.07 Å². The van der Waals surface area contributed by atoms with Crippen molar-refractivity contribution in [3.8, 4) is 5.75 Å². The summed E-state index contributed by atoms with van der Waals surface area (Å²) in [7, 11) is 0. The van der Waals surface area contributed by atoms with Crippen molar-refractivity contribution < 1.29 is 32.2 Å². The number of anilines is 2. The molecule has 1 aliphatic rings. The maximum atomic E-state index is 12.7. The molecule has 1 aliphatic heterocycles. The lowest BCUT2D eigenvalue weighted by molar-refractivity contribution is -0.149. The first-order valence-corrected chi connectivity index (χ1v) is 9.42. The zero-order valence-corrected chi connectivity index (χ0v) is 16.1. The average molecular weight is 422 g/mol. The smallest absolute Gasteiger partial charge is 0.416 e. The number of nitrogens with one attached hydrogen (secondary N) is 1. The molecule has 3 rings (SSSR count). The molecule has 0 aliphatic carbocycles. The Morgan fingerprint density at radius 3 is 2.37 bits per heavy atom. The highest BCUT2D eigenvalue weighted by atomic mass is 19.4. The zero-order chi connectivity index (χ0) is 21.6. The molecule has 0 unspecified atom stereocenters. The van der Waals surface area contributed by atoms with Gasteiger partial charge in [-0.3, -0.25) is 4.79 Å². The van der Waals surface area contributed by atoms with Crippen LogP contribution < -0.4 is 15.0 Å². The number of nitrogens with zero attached hydrogens (tertiary/aromatic N) is 1. The summed E-state index contributed by atoms with van der Waals surface area (Å²) in [6, 6.07) is 11.5. The second kappa shape index (κ2) is 9.51. The fourth-order valence-electron chi connectivity index (χ4n) is 3.02. The van der Waals surface area contributed by atoms with Gasteiger partial charge in [0.15, 0.2) is 13.2 Å². The van der Waals surface area contributed by atoms with Gasteiger partial charge in [0.1, 0.15) is 5.75 Å². The lowest BCUT2D eigenvalue weighted by Crippen LogP contribution is -2.23. The van der Waals surface area contributed by atoms with Gasteiger partial charge >= 0.3 is 12.1 Å². The standard InChI is InChI=1S/C21H21F3N2O4/c22-21(23,24)15-4-3-5-18(12-15)29-14-20(28)30-13-19(27)25-16-6-8-17(9-7-16)26-10-1-2-11-26/h3-9,12H,1-2,10-11,13-14H2,(H,25,27). The van der Waals surface area contributed by atoms with E-state index in [4.69, 9.17) is 9.47 Å². The number of esters is 1. The van der Waals surface area contributed by atoms with Gasteiger partial charge in [-0.05, 0) is 55.3 Å². The Morgan fingerprint density at radius 1 is 1.00 bits per heavy atom. The lowest BCUT2D eigenvalue weighted by atomic mass is 10.2. The minimum atomic E-state index is -4.51. The Balaban J connectivity index is 1.40. The van der Waals surface area contributed by atoms with Crippen molar-refractivity contribution in [2.75, 3.05) is 36.5 Å². The van der Waals surface area contributed by atoms with E-state index in [2.05, 4.69) is 10.2 Å². The molecule has 1 amide bonds. The normalized spacial score (nSPS) is 13.8. The van der Waals surface area contributed by atoms with Crippen molar-refractivity contribution in [1.29, 1.82) is 0 Å². The molecule has 0 saturated carbocycles. The van der Waals surface area contributed by atoms with Crippen LogP contribution in [0.1, 0.15) is 18.4 Å². The predicted molar refractivity (Wildman–Crippen MR) is 104 cm³/mol. The average Bonchev–Trinajstić information content (AvgIpc) is 3.26. The summed E-state index contributed by atoms with van der Waals surface area (Å²) in [5.74, 6) is -1.52. The van der Waals surface area contributed by atoms with Crippen molar-refractivity contribution >= 4 is 23.3 Å². The van der Waals surface area contributed by atoms with Crippen LogP contribution in [-0.4, -0.2) is 38.2 Å². The molecule has 160 valence electrons. The van der Waals surface area contributed by atoms with E-state index in [0.29, 0.717) is 5.69 Å². The molecule has 2 aromatic carbocycles. The van der Waals surface area contributed by atoms with Crippen LogP contribution in [0.25, 0.3) is 0 Å². The van der Waals surface area contributed by atoms with Crippen LogP contribution in [0, 0.1) is 0 Å². The molecule has 1 saturated heterocycles. The van der Waals surface area contributed by atoms with Gasteiger partial charge in [-0.2, -0.15) is 13.2 Å². The molecule has 0 aromatic heterocycles. The van der Waals surface area contributed by atoms with Crippen LogP contribution in [-0.2, 0) is 20.5 Å². The van der Waals surface area contributed by atoms with E-state index in [1.807, 2.05) is 12.1 Å². The highest BCUT2D eigenvalue weighted by molar-refractivity contribution is 5.93. The maximum absolute atomic E-state index is 12.7. The number of amides is 1. The van der Waals surface area contributed by atoms with Gasteiger partial charge < -0.3 is 19.7 Å². The van der Waals surface area contributed by atoms with Crippen LogP contribution in [0.2, 0.25) is 0 Å². The van der Waals surface area contributed by atoms with E-state index < -0.39 is 36.8 Å². The van der Waals surface area contributed by atoms with Crippen LogP contribution in [0.5, 0.6) is 5.75 Å². The van der Waals surface area contributed by atoms with Crippen LogP contribution in [0.15, 0.2) is 48.5 Å². The van der Waals surface area contributed by atoms with Crippen molar-refractivity contribution in [2.45, 2.75) is 19.0 Å². The third kappa shape index (κ3) is 6.13. The molecule has 2 aromatic rings. The topological polar surface area (TPSA) is 67.9 Å². The summed E-state index contributed by atoms with van der Waals surface area (Å²) in [5.41, 5.74) is 0.770. The third-order valence-corrected chi connectivity index (χ3v) is 4.50. The number of rotatable bonds is 7. The van der Waals surface area contributed by atoms with E-state index >= 15 is 0 Å². The van der Waals surface area contributed by atoms with Gasteiger partial charge in [0.25, 0.3) is 5.91 Å². The highest BCUT2D eigenvalue weighted by Crippen LogP contribution is 2.31. The molecular formula is C21H21F3N2O4. The predicted octanol–water partition coefficient (Wildman–Crippen LogP) is 3.87. The van der Waals surface area contributed by atoms with Gasteiger partial charge in [-0.25, -0.2) is 4.79 Å². The first-order valence-electron chi connectivity index (χ1n) is 9.42. The molecule has 1 heterocycles. The summed E-state index contributed by atoms with van der Waals surface area (Å²) in [5, 5.41) is 2.61.